The third-order valence-electron chi connectivity index (χ3n) is 2.75. The van der Waals surface area contributed by atoms with Gasteiger partial charge < -0.3 is 9.88 Å². The van der Waals surface area contributed by atoms with Gasteiger partial charge in [0.15, 0.2) is 0 Å². The van der Waals surface area contributed by atoms with E-state index in [2.05, 4.69) is 21.2 Å². The van der Waals surface area contributed by atoms with Gasteiger partial charge in [0.1, 0.15) is 11.5 Å². The summed E-state index contributed by atoms with van der Waals surface area (Å²) in [5.41, 5.74) is 0.987. The van der Waals surface area contributed by atoms with Gasteiger partial charge in [0.05, 0.1) is 4.47 Å². The quantitative estimate of drug-likeness (QED) is 0.901. The molecule has 2 aromatic rings. The molecule has 0 aliphatic heterocycles. The van der Waals surface area contributed by atoms with Crippen LogP contribution in [0.3, 0.4) is 0 Å². The van der Waals surface area contributed by atoms with Gasteiger partial charge in [-0.2, -0.15) is 0 Å². The molecule has 1 aromatic carbocycles. The fourth-order valence-electron chi connectivity index (χ4n) is 1.81. The summed E-state index contributed by atoms with van der Waals surface area (Å²) in [6.45, 7) is 3.99. The lowest BCUT2D eigenvalue weighted by atomic mass is 10.3. The van der Waals surface area contributed by atoms with Crippen molar-refractivity contribution in [3.63, 3.8) is 0 Å². The molecule has 1 aromatic heterocycles. The minimum atomic E-state index is -0.406. The molecule has 1 heterocycles. The molecule has 0 unspecified atom stereocenters. The van der Waals surface area contributed by atoms with Crippen LogP contribution >= 0.6 is 15.9 Å². The monoisotopic (exact) mass is 324 g/mol. The number of aromatic nitrogens is 1. The van der Waals surface area contributed by atoms with Crippen LogP contribution in [0.2, 0.25) is 0 Å². The highest BCUT2D eigenvalue weighted by atomic mass is 79.9. The number of nitrogens with zero attached hydrogens (tertiary/aromatic N) is 1. The third-order valence-corrected chi connectivity index (χ3v) is 3.39. The molecule has 0 aliphatic carbocycles. The van der Waals surface area contributed by atoms with Gasteiger partial charge in [-0.05, 0) is 60.1 Å². The largest absolute Gasteiger partial charge is 0.341 e. The lowest BCUT2D eigenvalue weighted by Gasteiger charge is -2.13. The van der Waals surface area contributed by atoms with Crippen molar-refractivity contribution in [2.75, 3.05) is 5.32 Å². The highest BCUT2D eigenvalue weighted by molar-refractivity contribution is 9.10. The summed E-state index contributed by atoms with van der Waals surface area (Å²) in [6, 6.07) is 8.24. The van der Waals surface area contributed by atoms with Crippen LogP contribution in [0.15, 0.2) is 41.0 Å². The molecule has 1 amide bonds. The Morgan fingerprint density at radius 1 is 1.37 bits per heavy atom. The number of carbonyl (C=O) groups is 1. The molecule has 0 radical (unpaired) electrons. The summed E-state index contributed by atoms with van der Waals surface area (Å²) in [7, 11) is 0. The van der Waals surface area contributed by atoms with Gasteiger partial charge in [-0.25, -0.2) is 4.39 Å². The number of benzene rings is 1. The van der Waals surface area contributed by atoms with Crippen molar-refractivity contribution in [1.82, 2.24) is 4.57 Å². The summed E-state index contributed by atoms with van der Waals surface area (Å²) in [6.07, 6.45) is 1.85. The number of hydrogen-bond acceptors (Lipinski definition) is 1. The van der Waals surface area contributed by atoms with E-state index in [0.717, 1.165) is 0 Å². The van der Waals surface area contributed by atoms with Gasteiger partial charge in [-0.15, -0.1) is 0 Å². The van der Waals surface area contributed by atoms with E-state index in [9.17, 15) is 9.18 Å². The molecule has 2 rings (SSSR count). The zero-order valence-corrected chi connectivity index (χ0v) is 12.2. The van der Waals surface area contributed by atoms with Crippen molar-refractivity contribution < 1.29 is 9.18 Å². The molecule has 0 spiro atoms. The Bertz CT molecular complexity index is 607. The standard InChI is InChI=1S/C14H14BrFN2O/c1-9(2)18-7-3-4-13(18)14(19)17-10-5-6-11(15)12(16)8-10/h3-9H,1-2H3,(H,17,19). The van der Waals surface area contributed by atoms with Crippen LogP contribution in [0.4, 0.5) is 10.1 Å². The first-order valence-electron chi connectivity index (χ1n) is 5.92. The molecule has 0 fully saturated rings. The molecule has 0 bridgehead atoms. The van der Waals surface area contributed by atoms with Crippen LogP contribution in [-0.4, -0.2) is 10.5 Å². The Labute approximate surface area is 119 Å². The smallest absolute Gasteiger partial charge is 0.272 e. The van der Waals surface area contributed by atoms with Crippen LogP contribution in [-0.2, 0) is 0 Å². The Hall–Kier alpha value is -1.62. The average molecular weight is 325 g/mol. The van der Waals surface area contributed by atoms with Crippen molar-refractivity contribution >= 4 is 27.5 Å². The normalized spacial score (nSPS) is 10.8. The van der Waals surface area contributed by atoms with Crippen molar-refractivity contribution in [2.24, 2.45) is 0 Å². The molecule has 0 atom stereocenters. The Morgan fingerprint density at radius 2 is 2.11 bits per heavy atom. The van der Waals surface area contributed by atoms with Gasteiger partial charge in [0, 0.05) is 17.9 Å². The van der Waals surface area contributed by atoms with Gasteiger partial charge >= 0.3 is 0 Å². The second kappa shape index (κ2) is 5.57. The number of nitrogens with one attached hydrogen (secondary N) is 1. The van der Waals surface area contributed by atoms with Crippen LogP contribution in [0, 0.1) is 5.82 Å². The molecular weight excluding hydrogens is 311 g/mol. The molecule has 0 saturated carbocycles. The second-order valence-electron chi connectivity index (χ2n) is 4.48. The first-order chi connectivity index (χ1) is 8.99. The molecule has 1 N–H and O–H groups in total. The Kier molecular flexibility index (Phi) is 4.04. The maximum absolute atomic E-state index is 13.4. The Balaban J connectivity index is 2.21. The first kappa shape index (κ1) is 13.8. The van der Waals surface area contributed by atoms with Gasteiger partial charge in [-0.1, -0.05) is 0 Å². The molecule has 100 valence electrons. The third kappa shape index (κ3) is 3.04. The highest BCUT2D eigenvalue weighted by Gasteiger charge is 2.13. The van der Waals surface area contributed by atoms with Gasteiger partial charge in [-0.3, -0.25) is 4.79 Å². The van der Waals surface area contributed by atoms with Crippen LogP contribution in [0.5, 0.6) is 0 Å². The number of rotatable bonds is 3. The van der Waals surface area contributed by atoms with Crippen LogP contribution in [0.25, 0.3) is 0 Å². The predicted octanol–water partition coefficient (Wildman–Crippen LogP) is 4.22. The lowest BCUT2D eigenvalue weighted by Crippen LogP contribution is -2.17. The summed E-state index contributed by atoms with van der Waals surface area (Å²) in [4.78, 5) is 12.1. The molecule has 19 heavy (non-hydrogen) atoms. The summed E-state index contributed by atoms with van der Waals surface area (Å²) < 4.78 is 15.6. The summed E-state index contributed by atoms with van der Waals surface area (Å²) in [5.74, 6) is -0.655. The maximum Gasteiger partial charge on any atom is 0.272 e. The maximum atomic E-state index is 13.4. The van der Waals surface area contributed by atoms with E-state index in [1.165, 1.54) is 6.07 Å². The highest BCUT2D eigenvalue weighted by Crippen LogP contribution is 2.20. The van der Waals surface area contributed by atoms with Crippen LogP contribution in [0.1, 0.15) is 30.4 Å². The van der Waals surface area contributed by atoms with E-state index < -0.39 is 5.82 Å². The first-order valence-corrected chi connectivity index (χ1v) is 6.71. The second-order valence-corrected chi connectivity index (χ2v) is 5.33. The van der Waals surface area contributed by atoms with E-state index >= 15 is 0 Å². The molecule has 3 nitrogen and oxygen atoms in total. The van der Waals surface area contributed by atoms with Gasteiger partial charge in [0.2, 0.25) is 0 Å². The van der Waals surface area contributed by atoms with Crippen molar-refractivity contribution in [3.8, 4) is 0 Å². The topological polar surface area (TPSA) is 34.0 Å². The van der Waals surface area contributed by atoms with E-state index in [-0.39, 0.29) is 11.9 Å². The average Bonchev–Trinajstić information content (AvgIpc) is 2.83. The van der Waals surface area contributed by atoms with Crippen molar-refractivity contribution in [1.29, 1.82) is 0 Å². The van der Waals surface area contributed by atoms with Crippen molar-refractivity contribution in [3.05, 3.63) is 52.5 Å². The van der Waals surface area contributed by atoms with Gasteiger partial charge in [0.25, 0.3) is 5.91 Å². The van der Waals surface area contributed by atoms with E-state index in [0.29, 0.717) is 15.9 Å². The molecular formula is C14H14BrFN2O. The fourth-order valence-corrected chi connectivity index (χ4v) is 2.05. The zero-order valence-electron chi connectivity index (χ0n) is 10.7. The lowest BCUT2D eigenvalue weighted by molar-refractivity contribution is 0.101. The predicted molar refractivity (Wildman–Crippen MR) is 76.9 cm³/mol. The van der Waals surface area contributed by atoms with E-state index in [1.54, 1.807) is 18.2 Å². The number of carbonyl (C=O) groups excluding carboxylic acids is 1. The minimum Gasteiger partial charge on any atom is -0.341 e. The molecule has 0 aliphatic rings. The van der Waals surface area contributed by atoms with Crippen LogP contribution < -0.4 is 5.32 Å². The SMILES string of the molecule is CC(C)n1cccc1C(=O)Nc1ccc(Br)c(F)c1. The van der Waals surface area contributed by atoms with E-state index in [1.807, 2.05) is 30.7 Å². The molecule has 0 saturated heterocycles. The number of amides is 1. The zero-order chi connectivity index (χ0) is 14.0. The summed E-state index contributed by atoms with van der Waals surface area (Å²) >= 11 is 3.07. The van der Waals surface area contributed by atoms with Crippen molar-refractivity contribution in [2.45, 2.75) is 19.9 Å². The number of anilines is 1. The number of halogens is 2. The minimum absolute atomic E-state index is 0.192. The number of hydrogen-bond donors (Lipinski definition) is 1. The van der Waals surface area contributed by atoms with E-state index in [4.69, 9.17) is 0 Å². The fraction of sp³-hybridized carbons (Fsp3) is 0.214. The summed E-state index contributed by atoms with van der Waals surface area (Å²) in [5, 5.41) is 2.69. The Morgan fingerprint density at radius 3 is 2.74 bits per heavy atom. The molecule has 5 heteroatoms.